The summed E-state index contributed by atoms with van der Waals surface area (Å²) >= 11 is 0. The summed E-state index contributed by atoms with van der Waals surface area (Å²) in [5.74, 6) is -0.0723. The zero-order valence-electron chi connectivity index (χ0n) is 15.2. The smallest absolute Gasteiger partial charge is 0.349 e. The average molecular weight is 391 g/mol. The predicted octanol–water partition coefficient (Wildman–Crippen LogP) is -1.99. The van der Waals surface area contributed by atoms with Crippen molar-refractivity contribution in [2.75, 3.05) is 19.0 Å². The van der Waals surface area contributed by atoms with Crippen molar-refractivity contribution in [3.8, 4) is 11.5 Å². The summed E-state index contributed by atoms with van der Waals surface area (Å²) in [6.45, 7) is 0.795. The van der Waals surface area contributed by atoms with Crippen LogP contribution >= 0.6 is 0 Å². The number of aryl methyl sites for hydroxylation is 1. The third-order valence-corrected chi connectivity index (χ3v) is 4.57. The third-order valence-electron chi connectivity index (χ3n) is 4.57. The van der Waals surface area contributed by atoms with E-state index in [4.69, 9.17) is 5.11 Å². The molecule has 3 atom stereocenters. The Labute approximate surface area is 158 Å². The fourth-order valence-corrected chi connectivity index (χ4v) is 3.06. The SMILES string of the molecule is CNc1cc2c(cc1C)nc1c(=O)[nH]c(=O)nc-1n2CC(O)C(O)C(O)CO. The minimum Gasteiger partial charge on any atom is -0.394 e. The first-order valence-corrected chi connectivity index (χ1v) is 8.54. The number of rotatable bonds is 6. The van der Waals surface area contributed by atoms with Crippen LogP contribution < -0.4 is 16.6 Å². The molecule has 0 bridgehead atoms. The maximum atomic E-state index is 12.2. The summed E-state index contributed by atoms with van der Waals surface area (Å²) in [4.78, 5) is 34.1. The lowest BCUT2D eigenvalue weighted by Crippen LogP contribution is -2.42. The minimum absolute atomic E-state index is 0.0723. The molecule has 2 heterocycles. The zero-order chi connectivity index (χ0) is 20.6. The van der Waals surface area contributed by atoms with E-state index in [1.807, 2.05) is 6.92 Å². The van der Waals surface area contributed by atoms with Gasteiger partial charge < -0.3 is 30.3 Å². The normalized spacial score (nSPS) is 14.9. The van der Waals surface area contributed by atoms with Crippen LogP contribution in [0.2, 0.25) is 0 Å². The number of nitrogens with one attached hydrogen (secondary N) is 2. The number of hydrogen-bond acceptors (Lipinski definition) is 9. The molecular weight excluding hydrogens is 370 g/mol. The van der Waals surface area contributed by atoms with Gasteiger partial charge in [0.05, 0.1) is 24.2 Å². The molecule has 0 amide bonds. The molecule has 1 aromatic rings. The summed E-state index contributed by atoms with van der Waals surface area (Å²) < 4.78 is 1.38. The molecule has 0 saturated heterocycles. The largest absolute Gasteiger partial charge is 0.394 e. The molecule has 28 heavy (non-hydrogen) atoms. The molecule has 2 aliphatic heterocycles. The van der Waals surface area contributed by atoms with Crippen molar-refractivity contribution in [2.45, 2.75) is 31.8 Å². The van der Waals surface area contributed by atoms with Crippen molar-refractivity contribution in [1.82, 2.24) is 19.5 Å². The zero-order valence-corrected chi connectivity index (χ0v) is 15.2. The fourth-order valence-electron chi connectivity index (χ4n) is 3.06. The number of aromatic amines is 1. The van der Waals surface area contributed by atoms with Crippen molar-refractivity contribution in [3.05, 3.63) is 38.5 Å². The lowest BCUT2D eigenvalue weighted by atomic mass is 10.1. The maximum Gasteiger partial charge on any atom is 0.349 e. The highest BCUT2D eigenvalue weighted by atomic mass is 16.4. The van der Waals surface area contributed by atoms with Crippen molar-refractivity contribution < 1.29 is 20.4 Å². The van der Waals surface area contributed by atoms with Gasteiger partial charge in [-0.15, -0.1) is 0 Å². The lowest BCUT2D eigenvalue weighted by molar-refractivity contribution is -0.0802. The molecule has 0 aromatic heterocycles. The summed E-state index contributed by atoms with van der Waals surface area (Å²) in [6, 6.07) is 3.44. The van der Waals surface area contributed by atoms with E-state index in [1.54, 1.807) is 19.2 Å². The van der Waals surface area contributed by atoms with Crippen LogP contribution in [-0.4, -0.2) is 71.9 Å². The van der Waals surface area contributed by atoms with Crippen LogP contribution in [0.25, 0.3) is 22.6 Å². The third kappa shape index (κ3) is 3.47. The Morgan fingerprint density at radius 3 is 2.54 bits per heavy atom. The summed E-state index contributed by atoms with van der Waals surface area (Å²) in [6.07, 6.45) is -4.73. The van der Waals surface area contributed by atoms with Crippen LogP contribution in [0.15, 0.2) is 21.7 Å². The Kier molecular flexibility index (Phi) is 5.42. The number of fused-ring (bicyclic) bond motifs is 2. The van der Waals surface area contributed by atoms with Crippen molar-refractivity contribution >= 4 is 16.7 Å². The van der Waals surface area contributed by atoms with E-state index in [0.717, 1.165) is 11.3 Å². The number of H-pyrrole nitrogens is 1. The first-order chi connectivity index (χ1) is 13.3. The monoisotopic (exact) mass is 391 g/mol. The predicted molar refractivity (Wildman–Crippen MR) is 100 cm³/mol. The van der Waals surface area contributed by atoms with Gasteiger partial charge >= 0.3 is 5.69 Å². The van der Waals surface area contributed by atoms with Gasteiger partial charge in [0.2, 0.25) is 0 Å². The molecule has 0 saturated carbocycles. The molecule has 0 fully saturated rings. The van der Waals surface area contributed by atoms with E-state index in [0.29, 0.717) is 11.0 Å². The van der Waals surface area contributed by atoms with Crippen LogP contribution in [0.3, 0.4) is 0 Å². The Morgan fingerprint density at radius 2 is 1.89 bits per heavy atom. The van der Waals surface area contributed by atoms with Gasteiger partial charge in [0.25, 0.3) is 5.56 Å². The first-order valence-electron chi connectivity index (χ1n) is 8.54. The van der Waals surface area contributed by atoms with Crippen molar-refractivity contribution in [3.63, 3.8) is 0 Å². The van der Waals surface area contributed by atoms with E-state index in [-0.39, 0.29) is 18.1 Å². The Bertz CT molecular complexity index is 1090. The van der Waals surface area contributed by atoms with E-state index >= 15 is 0 Å². The lowest BCUT2D eigenvalue weighted by Gasteiger charge is -2.25. The highest BCUT2D eigenvalue weighted by molar-refractivity contribution is 5.84. The second-order valence-electron chi connectivity index (χ2n) is 6.48. The van der Waals surface area contributed by atoms with Gasteiger partial charge in [0, 0.05) is 12.7 Å². The van der Waals surface area contributed by atoms with Gasteiger partial charge in [-0.3, -0.25) is 9.78 Å². The van der Waals surface area contributed by atoms with Crippen LogP contribution in [0.5, 0.6) is 0 Å². The highest BCUT2D eigenvalue weighted by Crippen LogP contribution is 2.27. The van der Waals surface area contributed by atoms with Crippen molar-refractivity contribution in [1.29, 1.82) is 0 Å². The molecule has 1 aromatic carbocycles. The first kappa shape index (κ1) is 19.9. The summed E-state index contributed by atoms with van der Waals surface area (Å²) in [7, 11) is 1.72. The van der Waals surface area contributed by atoms with E-state index < -0.39 is 36.2 Å². The van der Waals surface area contributed by atoms with Crippen LogP contribution in [-0.2, 0) is 6.54 Å². The number of aliphatic hydroxyl groups excluding tert-OH is 4. The van der Waals surface area contributed by atoms with Gasteiger partial charge in [-0.2, -0.15) is 4.98 Å². The van der Waals surface area contributed by atoms with Crippen LogP contribution in [0.4, 0.5) is 5.69 Å². The molecule has 0 aliphatic carbocycles. The van der Waals surface area contributed by atoms with Gasteiger partial charge in [-0.25, -0.2) is 9.78 Å². The van der Waals surface area contributed by atoms with Crippen LogP contribution in [0, 0.1) is 6.92 Å². The number of benzene rings is 1. The van der Waals surface area contributed by atoms with Crippen molar-refractivity contribution in [2.24, 2.45) is 0 Å². The molecule has 150 valence electrons. The number of aliphatic hydroxyl groups is 4. The average Bonchev–Trinajstić information content (AvgIpc) is 2.66. The Balaban J connectivity index is 2.29. The molecule has 11 heteroatoms. The molecule has 2 aliphatic rings. The van der Waals surface area contributed by atoms with Crippen LogP contribution in [0.1, 0.15) is 5.56 Å². The van der Waals surface area contributed by atoms with E-state index in [2.05, 4.69) is 20.3 Å². The van der Waals surface area contributed by atoms with E-state index in [1.165, 1.54) is 4.57 Å². The number of nitrogens with zero attached hydrogens (tertiary/aromatic N) is 3. The second-order valence-corrected chi connectivity index (χ2v) is 6.48. The summed E-state index contributed by atoms with van der Waals surface area (Å²) in [5, 5.41) is 41.9. The second kappa shape index (κ2) is 7.64. The molecule has 0 spiro atoms. The maximum absolute atomic E-state index is 12.2. The number of hydrogen-bond donors (Lipinski definition) is 6. The minimum atomic E-state index is -1.65. The van der Waals surface area contributed by atoms with Gasteiger partial charge in [-0.1, -0.05) is 0 Å². The van der Waals surface area contributed by atoms with Gasteiger partial charge in [0.15, 0.2) is 11.5 Å². The highest BCUT2D eigenvalue weighted by Gasteiger charge is 2.27. The Morgan fingerprint density at radius 1 is 1.18 bits per heavy atom. The fraction of sp³-hybridized carbons (Fsp3) is 0.412. The summed E-state index contributed by atoms with van der Waals surface area (Å²) in [5.41, 5.74) is 0.761. The molecule has 3 rings (SSSR count). The molecular formula is C17H21N5O6. The molecule has 0 radical (unpaired) electrons. The quantitative estimate of drug-likeness (QED) is 0.260. The van der Waals surface area contributed by atoms with Gasteiger partial charge in [0.1, 0.15) is 18.3 Å². The topological polar surface area (TPSA) is 174 Å². The Hall–Kier alpha value is -2.86. The molecule has 6 N–H and O–H groups in total. The standard InChI is InChI=1S/C17H21N5O6/c1-7-3-9-10(4-8(7)18-2)22(5-11(24)14(26)12(25)6-23)15-13(19-9)16(27)21-17(28)20-15/h3-4,11-12,14,18,23-26H,5-6H2,1-2H3,(H,21,27,28). The van der Waals surface area contributed by atoms with E-state index in [9.17, 15) is 24.9 Å². The molecule has 3 unspecified atom stereocenters. The number of anilines is 1. The molecule has 11 nitrogen and oxygen atoms in total. The number of aromatic nitrogens is 4. The van der Waals surface area contributed by atoms with Gasteiger partial charge in [-0.05, 0) is 24.6 Å².